The molecule has 0 saturated carbocycles. The molecule has 5 heterocycles. The number of urea groups is 1. The van der Waals surface area contributed by atoms with Crippen molar-refractivity contribution >= 4 is 28.4 Å². The number of amides is 2. The number of fused-ring (bicyclic) bond motifs is 1. The quantitative estimate of drug-likeness (QED) is 0.455. The lowest BCUT2D eigenvalue weighted by Gasteiger charge is -2.39. The lowest BCUT2D eigenvalue weighted by molar-refractivity contribution is -0.138. The third-order valence-electron chi connectivity index (χ3n) is 7.26. The molecule has 0 aromatic carbocycles. The van der Waals surface area contributed by atoms with Crippen molar-refractivity contribution in [3.63, 3.8) is 0 Å². The zero-order chi connectivity index (χ0) is 28.6. The second-order valence-corrected chi connectivity index (χ2v) is 9.96. The van der Waals surface area contributed by atoms with E-state index in [0.717, 1.165) is 29.4 Å². The molecule has 3 aromatic heterocycles. The molecule has 2 saturated heterocycles. The van der Waals surface area contributed by atoms with E-state index in [9.17, 15) is 22.8 Å². The van der Waals surface area contributed by atoms with Gasteiger partial charge >= 0.3 is 12.2 Å². The monoisotopic (exact) mass is 567 g/mol. The number of carbonyl (C=O) groups is 1. The summed E-state index contributed by atoms with van der Waals surface area (Å²) in [5.74, 6) is 0.417. The van der Waals surface area contributed by atoms with E-state index >= 15 is 4.39 Å². The summed E-state index contributed by atoms with van der Waals surface area (Å²) in [5, 5.41) is 9.95. The highest BCUT2D eigenvalue weighted by atomic mass is 19.4. The van der Waals surface area contributed by atoms with Crippen molar-refractivity contribution in [2.45, 2.75) is 43.8 Å². The van der Waals surface area contributed by atoms with Gasteiger partial charge in [-0.15, -0.1) is 5.10 Å². The van der Waals surface area contributed by atoms with Gasteiger partial charge in [0.2, 0.25) is 5.88 Å². The number of piperidine rings is 1. The van der Waals surface area contributed by atoms with Crippen molar-refractivity contribution in [2.24, 2.45) is 7.05 Å². The zero-order valence-electron chi connectivity index (χ0n) is 21.9. The van der Waals surface area contributed by atoms with Crippen molar-refractivity contribution < 1.29 is 31.8 Å². The van der Waals surface area contributed by atoms with Crippen LogP contribution in [-0.2, 0) is 18.0 Å². The Kier molecular flexibility index (Phi) is 7.57. The fourth-order valence-corrected chi connectivity index (χ4v) is 4.96. The minimum atomic E-state index is -4.71. The Balaban J connectivity index is 1.25. The number of nitrogens with zero attached hydrogens (tertiary/aromatic N) is 5. The molecule has 40 heavy (non-hydrogen) atoms. The van der Waals surface area contributed by atoms with Gasteiger partial charge in [-0.3, -0.25) is 9.89 Å². The van der Waals surface area contributed by atoms with Crippen LogP contribution in [0.5, 0.6) is 5.88 Å². The van der Waals surface area contributed by atoms with E-state index in [1.165, 1.54) is 7.05 Å². The van der Waals surface area contributed by atoms with Gasteiger partial charge in [0.15, 0.2) is 5.65 Å². The molecule has 2 fully saturated rings. The summed E-state index contributed by atoms with van der Waals surface area (Å²) in [6.45, 7) is 1.57. The van der Waals surface area contributed by atoms with Gasteiger partial charge in [-0.25, -0.2) is 14.2 Å². The number of aromatic amines is 1. The smallest absolute Gasteiger partial charge is 0.417 e. The average Bonchev–Trinajstić information content (AvgIpc) is 3.32. The summed E-state index contributed by atoms with van der Waals surface area (Å²) in [4.78, 5) is 32.4. The predicted octanol–water partition coefficient (Wildman–Crippen LogP) is 3.31. The molecule has 0 spiro atoms. The van der Waals surface area contributed by atoms with Crippen LogP contribution in [-0.4, -0.2) is 82.3 Å². The lowest BCUT2D eigenvalue weighted by atomic mass is 10.0. The van der Waals surface area contributed by atoms with Crippen molar-refractivity contribution in [3.8, 4) is 5.88 Å². The highest BCUT2D eigenvalue weighted by Gasteiger charge is 2.36. The van der Waals surface area contributed by atoms with E-state index in [-0.39, 0.29) is 19.1 Å². The molecule has 0 radical (unpaired) electrons. The van der Waals surface area contributed by atoms with Crippen LogP contribution in [0, 0.1) is 0 Å². The number of H-pyrrole nitrogens is 1. The molecule has 2 atom stereocenters. The van der Waals surface area contributed by atoms with E-state index in [1.807, 2.05) is 6.07 Å². The lowest BCUT2D eigenvalue weighted by Crippen LogP contribution is -2.54. The first-order chi connectivity index (χ1) is 19.0. The van der Waals surface area contributed by atoms with Gasteiger partial charge in [-0.05, 0) is 18.6 Å². The summed E-state index contributed by atoms with van der Waals surface area (Å²) in [7, 11) is 2.50. The number of pyridine rings is 2. The Morgan fingerprint density at radius 3 is 2.70 bits per heavy atom. The number of carbonyl (C=O) groups excluding carboxylic acids is 1. The molecule has 2 aliphatic rings. The summed E-state index contributed by atoms with van der Waals surface area (Å²) in [6, 6.07) is 0.661. The first-order valence-electron chi connectivity index (χ1n) is 12.8. The van der Waals surface area contributed by atoms with Gasteiger partial charge in [0, 0.05) is 39.7 Å². The first-order valence-corrected chi connectivity index (χ1v) is 12.8. The molecule has 216 valence electrons. The van der Waals surface area contributed by atoms with Crippen LogP contribution in [0.3, 0.4) is 0 Å². The highest BCUT2D eigenvalue weighted by molar-refractivity contribution is 5.89. The maximum atomic E-state index is 15.4. The fourth-order valence-electron chi connectivity index (χ4n) is 4.96. The molecular weight excluding hydrogens is 538 g/mol. The van der Waals surface area contributed by atoms with Crippen molar-refractivity contribution in [1.82, 2.24) is 24.6 Å². The number of aromatic nitrogens is 4. The summed E-state index contributed by atoms with van der Waals surface area (Å²) < 4.78 is 67.1. The number of hydrogen-bond donors (Lipinski definition) is 2. The topological polar surface area (TPSA) is 118 Å². The summed E-state index contributed by atoms with van der Waals surface area (Å²) in [6.07, 6.45) is -2.22. The van der Waals surface area contributed by atoms with Crippen molar-refractivity contribution in [3.05, 3.63) is 40.4 Å². The van der Waals surface area contributed by atoms with E-state index < -0.39 is 41.2 Å². The standard InChI is InChI=1S/C25H29F4N7O4/c1-34-12-14(25(27,28)29)9-19(23(34)37)31-24(38)35(2)20-3-6-36(13-18(20)26)15-10-17-21(30-11-15)32-33-22(17)40-16-4-7-39-8-5-16/h9-12,16,18,20H,3-8,13H2,1-2H3,(H,31,38)(H,30,32,33)/t18-,20-/m0/s1. The van der Waals surface area contributed by atoms with Crippen LogP contribution >= 0.6 is 0 Å². The maximum absolute atomic E-state index is 15.4. The van der Waals surface area contributed by atoms with Crippen LogP contribution < -0.4 is 20.5 Å². The third-order valence-corrected chi connectivity index (χ3v) is 7.26. The van der Waals surface area contributed by atoms with E-state index in [1.54, 1.807) is 11.1 Å². The van der Waals surface area contributed by atoms with E-state index in [0.29, 0.717) is 54.6 Å². The molecule has 0 unspecified atom stereocenters. The SMILES string of the molecule is CN(C(=O)Nc1cc(C(F)(F)F)cn(C)c1=O)[C@H]1CCN(c2cnc3[nH]nc(OC4CCOCC4)c3c2)C[C@@H]1F. The Labute approximate surface area is 226 Å². The van der Waals surface area contributed by atoms with Gasteiger partial charge in [0.1, 0.15) is 18.0 Å². The third kappa shape index (κ3) is 5.69. The Morgan fingerprint density at radius 2 is 2.00 bits per heavy atom. The molecule has 0 aliphatic carbocycles. The number of nitrogens with one attached hydrogen (secondary N) is 2. The summed E-state index contributed by atoms with van der Waals surface area (Å²) in [5.41, 5.74) is -1.25. The molecule has 2 amide bonds. The van der Waals surface area contributed by atoms with Gasteiger partial charge in [0.25, 0.3) is 5.56 Å². The van der Waals surface area contributed by atoms with Crippen LogP contribution in [0.15, 0.2) is 29.3 Å². The van der Waals surface area contributed by atoms with Crippen LogP contribution in [0.25, 0.3) is 11.0 Å². The minimum absolute atomic E-state index is 0.0207. The zero-order valence-corrected chi connectivity index (χ0v) is 21.9. The molecular formula is C25H29F4N7O4. The Morgan fingerprint density at radius 1 is 1.25 bits per heavy atom. The van der Waals surface area contributed by atoms with Gasteiger partial charge in [-0.2, -0.15) is 13.2 Å². The fraction of sp³-hybridized carbons (Fsp3) is 0.520. The molecule has 3 aromatic rings. The van der Waals surface area contributed by atoms with Crippen molar-refractivity contribution in [1.29, 1.82) is 0 Å². The average molecular weight is 568 g/mol. The maximum Gasteiger partial charge on any atom is 0.417 e. The number of ether oxygens (including phenoxy) is 2. The minimum Gasteiger partial charge on any atom is -0.473 e. The van der Waals surface area contributed by atoms with Gasteiger partial charge in [-0.1, -0.05) is 0 Å². The second-order valence-electron chi connectivity index (χ2n) is 9.96. The molecule has 0 bridgehead atoms. The number of hydrogen-bond acceptors (Lipinski definition) is 7. The Hall–Kier alpha value is -3.88. The number of anilines is 2. The molecule has 15 heteroatoms. The van der Waals surface area contributed by atoms with Crippen molar-refractivity contribution in [2.75, 3.05) is 43.6 Å². The highest BCUT2D eigenvalue weighted by Crippen LogP contribution is 2.31. The predicted molar refractivity (Wildman–Crippen MR) is 137 cm³/mol. The van der Waals surface area contributed by atoms with E-state index in [2.05, 4.69) is 20.5 Å². The van der Waals surface area contributed by atoms with Crippen LogP contribution in [0.1, 0.15) is 24.8 Å². The number of aryl methyl sites for hydroxylation is 1. The molecule has 11 nitrogen and oxygen atoms in total. The molecule has 2 N–H and O–H groups in total. The van der Waals surface area contributed by atoms with Gasteiger partial charge in [0.05, 0.1) is 48.6 Å². The second kappa shape index (κ2) is 10.9. The number of halogens is 4. The summed E-state index contributed by atoms with van der Waals surface area (Å²) >= 11 is 0. The van der Waals surface area contributed by atoms with E-state index in [4.69, 9.17) is 9.47 Å². The molecule has 5 rings (SSSR count). The first kappa shape index (κ1) is 27.7. The largest absolute Gasteiger partial charge is 0.473 e. The van der Waals surface area contributed by atoms with Crippen LogP contribution in [0.2, 0.25) is 0 Å². The van der Waals surface area contributed by atoms with Gasteiger partial charge < -0.3 is 29.2 Å². The molecule has 2 aliphatic heterocycles. The Bertz CT molecular complexity index is 1440. The number of rotatable bonds is 5. The normalized spacial score (nSPS) is 20.5. The number of alkyl halides is 4. The van der Waals surface area contributed by atoms with Crippen LogP contribution in [0.4, 0.5) is 33.7 Å².